The fourth-order valence-electron chi connectivity index (χ4n) is 1.98. The number of anilines is 1. The van der Waals surface area contributed by atoms with Crippen LogP contribution in [0.4, 0.5) is 5.95 Å². The van der Waals surface area contributed by atoms with Crippen molar-refractivity contribution in [3.63, 3.8) is 0 Å². The molecule has 0 radical (unpaired) electrons. The predicted octanol–water partition coefficient (Wildman–Crippen LogP) is 1.19. The second-order valence-corrected chi connectivity index (χ2v) is 4.71. The van der Waals surface area contributed by atoms with Crippen LogP contribution < -0.4 is 15.4 Å². The van der Waals surface area contributed by atoms with Crippen molar-refractivity contribution in [3.8, 4) is 5.88 Å². The molecule has 0 saturated carbocycles. The van der Waals surface area contributed by atoms with Gasteiger partial charge in [0.25, 0.3) is 0 Å². The molecule has 5 heteroatoms. The van der Waals surface area contributed by atoms with Crippen molar-refractivity contribution in [1.82, 2.24) is 9.97 Å². The highest BCUT2D eigenvalue weighted by Crippen LogP contribution is 2.17. The first-order valence-corrected chi connectivity index (χ1v) is 6.15. The number of ether oxygens (including phenoxy) is 1. The van der Waals surface area contributed by atoms with Gasteiger partial charge in [-0.3, -0.25) is 0 Å². The summed E-state index contributed by atoms with van der Waals surface area (Å²) in [5, 5.41) is 0. The monoisotopic (exact) mass is 236 g/mol. The molecule has 1 atom stereocenters. The van der Waals surface area contributed by atoms with E-state index in [-0.39, 0.29) is 12.1 Å². The average molecular weight is 236 g/mol. The van der Waals surface area contributed by atoms with E-state index in [0.717, 1.165) is 31.9 Å². The summed E-state index contributed by atoms with van der Waals surface area (Å²) in [5.74, 6) is 1.35. The molecule has 1 aliphatic heterocycles. The molecule has 2 heterocycles. The van der Waals surface area contributed by atoms with Crippen molar-refractivity contribution in [2.75, 3.05) is 18.0 Å². The third kappa shape index (κ3) is 3.30. The minimum absolute atomic E-state index is 0.126. The molecule has 0 aromatic carbocycles. The summed E-state index contributed by atoms with van der Waals surface area (Å²) in [6, 6.07) is 2.01. The first-order valence-electron chi connectivity index (χ1n) is 6.15. The largest absolute Gasteiger partial charge is 0.475 e. The lowest BCUT2D eigenvalue weighted by Crippen LogP contribution is -2.43. The van der Waals surface area contributed by atoms with Gasteiger partial charge in [0.1, 0.15) is 0 Å². The zero-order valence-electron chi connectivity index (χ0n) is 10.5. The maximum atomic E-state index is 5.95. The maximum absolute atomic E-state index is 5.95. The molecule has 2 rings (SSSR count). The Kier molecular flexibility index (Phi) is 3.78. The molecule has 0 bridgehead atoms. The van der Waals surface area contributed by atoms with Gasteiger partial charge in [-0.2, -0.15) is 4.98 Å². The molecular weight excluding hydrogens is 216 g/mol. The summed E-state index contributed by atoms with van der Waals surface area (Å²) in [6.07, 6.45) is 4.04. The van der Waals surface area contributed by atoms with Crippen LogP contribution in [-0.2, 0) is 0 Å². The molecule has 0 unspecified atom stereocenters. The molecule has 2 N–H and O–H groups in total. The topological polar surface area (TPSA) is 64.3 Å². The Bertz CT molecular complexity index is 369. The minimum Gasteiger partial charge on any atom is -0.475 e. The minimum atomic E-state index is 0.126. The quantitative estimate of drug-likeness (QED) is 0.854. The van der Waals surface area contributed by atoms with E-state index in [2.05, 4.69) is 14.9 Å². The Hall–Kier alpha value is -1.36. The first kappa shape index (κ1) is 12.1. The van der Waals surface area contributed by atoms with Gasteiger partial charge in [-0.25, -0.2) is 4.98 Å². The van der Waals surface area contributed by atoms with E-state index in [4.69, 9.17) is 10.5 Å². The number of piperidine rings is 1. The number of aromatic nitrogens is 2. The Labute approximate surface area is 102 Å². The van der Waals surface area contributed by atoms with Gasteiger partial charge < -0.3 is 15.4 Å². The van der Waals surface area contributed by atoms with Crippen LogP contribution in [0.1, 0.15) is 26.7 Å². The van der Waals surface area contributed by atoms with E-state index in [1.807, 2.05) is 13.8 Å². The highest BCUT2D eigenvalue weighted by Gasteiger charge is 2.19. The molecule has 0 aliphatic carbocycles. The summed E-state index contributed by atoms with van der Waals surface area (Å²) >= 11 is 0. The second-order valence-electron chi connectivity index (χ2n) is 4.71. The van der Waals surface area contributed by atoms with E-state index in [1.165, 1.54) is 0 Å². The molecule has 1 fully saturated rings. The van der Waals surface area contributed by atoms with Gasteiger partial charge in [0.15, 0.2) is 0 Å². The summed E-state index contributed by atoms with van der Waals surface area (Å²) in [6.45, 7) is 5.77. The Morgan fingerprint density at radius 3 is 3.06 bits per heavy atom. The van der Waals surface area contributed by atoms with Crippen molar-refractivity contribution in [2.45, 2.75) is 38.8 Å². The number of hydrogen-bond acceptors (Lipinski definition) is 5. The second kappa shape index (κ2) is 5.31. The lowest BCUT2D eigenvalue weighted by atomic mass is 10.1. The zero-order chi connectivity index (χ0) is 12.3. The third-order valence-electron chi connectivity index (χ3n) is 2.71. The molecule has 94 valence electrons. The molecule has 0 spiro atoms. The van der Waals surface area contributed by atoms with Gasteiger partial charge in [0, 0.05) is 31.4 Å². The van der Waals surface area contributed by atoms with Crippen LogP contribution >= 0.6 is 0 Å². The Morgan fingerprint density at radius 2 is 2.35 bits per heavy atom. The number of hydrogen-bond donors (Lipinski definition) is 1. The van der Waals surface area contributed by atoms with Crippen LogP contribution in [0.15, 0.2) is 12.3 Å². The van der Waals surface area contributed by atoms with Gasteiger partial charge >= 0.3 is 0 Å². The molecule has 17 heavy (non-hydrogen) atoms. The Balaban J connectivity index is 2.09. The normalized spacial score (nSPS) is 20.7. The van der Waals surface area contributed by atoms with Crippen molar-refractivity contribution in [3.05, 3.63) is 12.3 Å². The summed E-state index contributed by atoms with van der Waals surface area (Å²) in [7, 11) is 0. The van der Waals surface area contributed by atoms with Crippen LogP contribution in [0.25, 0.3) is 0 Å². The van der Waals surface area contributed by atoms with Crippen molar-refractivity contribution in [1.29, 1.82) is 0 Å². The number of nitrogens with zero attached hydrogens (tertiary/aromatic N) is 3. The van der Waals surface area contributed by atoms with E-state index in [9.17, 15) is 0 Å². The van der Waals surface area contributed by atoms with Crippen molar-refractivity contribution < 1.29 is 4.74 Å². The molecule has 5 nitrogen and oxygen atoms in total. The van der Waals surface area contributed by atoms with Crippen LogP contribution in [0, 0.1) is 0 Å². The average Bonchev–Trinajstić information content (AvgIpc) is 2.28. The molecule has 1 aromatic heterocycles. The smallest absolute Gasteiger partial charge is 0.228 e. The van der Waals surface area contributed by atoms with Gasteiger partial charge in [-0.1, -0.05) is 0 Å². The third-order valence-corrected chi connectivity index (χ3v) is 2.71. The van der Waals surface area contributed by atoms with Gasteiger partial charge in [0.05, 0.1) is 6.10 Å². The lowest BCUT2D eigenvalue weighted by molar-refractivity contribution is 0.232. The maximum Gasteiger partial charge on any atom is 0.228 e. The van der Waals surface area contributed by atoms with E-state index >= 15 is 0 Å². The molecule has 1 aliphatic rings. The fraction of sp³-hybridized carbons (Fsp3) is 0.667. The van der Waals surface area contributed by atoms with E-state index in [1.54, 1.807) is 12.3 Å². The van der Waals surface area contributed by atoms with Crippen LogP contribution in [0.2, 0.25) is 0 Å². The molecular formula is C12H20N4O. The number of rotatable bonds is 3. The molecule has 1 saturated heterocycles. The summed E-state index contributed by atoms with van der Waals surface area (Å²) in [4.78, 5) is 10.8. The summed E-state index contributed by atoms with van der Waals surface area (Å²) in [5.41, 5.74) is 5.95. The van der Waals surface area contributed by atoms with Crippen molar-refractivity contribution >= 4 is 5.95 Å². The van der Waals surface area contributed by atoms with Crippen molar-refractivity contribution in [2.24, 2.45) is 5.73 Å². The van der Waals surface area contributed by atoms with Crippen LogP contribution in [-0.4, -0.2) is 35.2 Å². The van der Waals surface area contributed by atoms with E-state index < -0.39 is 0 Å². The molecule has 0 amide bonds. The standard InChI is InChI=1S/C12H20N4O/c1-9(2)17-11-5-6-14-12(15-11)16-7-3-4-10(13)8-16/h5-6,9-10H,3-4,7-8,13H2,1-2H3/t10-/m1/s1. The Morgan fingerprint density at radius 1 is 1.53 bits per heavy atom. The predicted molar refractivity (Wildman–Crippen MR) is 67.2 cm³/mol. The highest BCUT2D eigenvalue weighted by molar-refractivity contribution is 5.33. The van der Waals surface area contributed by atoms with Crippen LogP contribution in [0.5, 0.6) is 5.88 Å². The summed E-state index contributed by atoms with van der Waals surface area (Å²) < 4.78 is 5.56. The van der Waals surface area contributed by atoms with Gasteiger partial charge in [-0.15, -0.1) is 0 Å². The van der Waals surface area contributed by atoms with Crippen LogP contribution in [0.3, 0.4) is 0 Å². The fourth-order valence-corrected chi connectivity index (χ4v) is 1.98. The zero-order valence-corrected chi connectivity index (χ0v) is 10.5. The lowest BCUT2D eigenvalue weighted by Gasteiger charge is -2.30. The van der Waals surface area contributed by atoms with Gasteiger partial charge in [0.2, 0.25) is 11.8 Å². The van der Waals surface area contributed by atoms with Gasteiger partial charge in [-0.05, 0) is 26.7 Å². The first-order chi connectivity index (χ1) is 8.15. The van der Waals surface area contributed by atoms with E-state index in [0.29, 0.717) is 5.88 Å². The molecule has 1 aromatic rings. The highest BCUT2D eigenvalue weighted by atomic mass is 16.5. The SMILES string of the molecule is CC(C)Oc1ccnc(N2CCC[C@@H](N)C2)n1. The number of nitrogens with two attached hydrogens (primary N) is 1.